The van der Waals surface area contributed by atoms with Gasteiger partial charge in [-0.25, -0.2) is 0 Å². The van der Waals surface area contributed by atoms with Crippen LogP contribution in [0.5, 0.6) is 0 Å². The van der Waals surface area contributed by atoms with Gasteiger partial charge >= 0.3 is 0 Å². The third-order valence-corrected chi connectivity index (χ3v) is 9.33. The third-order valence-electron chi connectivity index (χ3n) is 9.33. The molecule has 0 spiro atoms. The van der Waals surface area contributed by atoms with Crippen LogP contribution in [0, 0.1) is 40.4 Å². The molecule has 4 saturated carbocycles. The standard InChI is InChI=1S/C21H36O/c1-4-14-6-8-18-17-7-5-15-13-16(22)9-11-21(15,3)19(17)10-12-20(14,18)2/h14-19,22H,4-13H2,1-3H3/t14?,15-,16+,17?,18?,19?,20?,21?/m0/s1. The van der Waals surface area contributed by atoms with Crippen LogP contribution in [-0.4, -0.2) is 11.2 Å². The monoisotopic (exact) mass is 304 g/mol. The Bertz CT molecular complexity index is 432. The van der Waals surface area contributed by atoms with Crippen molar-refractivity contribution in [3.63, 3.8) is 0 Å². The Labute approximate surface area is 137 Å². The second-order valence-electron chi connectivity index (χ2n) is 9.81. The van der Waals surface area contributed by atoms with Crippen molar-refractivity contribution in [1.29, 1.82) is 0 Å². The molecule has 0 aromatic rings. The zero-order chi connectivity index (χ0) is 15.5. The average molecular weight is 305 g/mol. The minimum absolute atomic E-state index is 0.000524. The lowest BCUT2D eigenvalue weighted by Crippen LogP contribution is -2.53. The number of aliphatic hydroxyl groups excluding tert-OH is 1. The van der Waals surface area contributed by atoms with E-state index in [4.69, 9.17) is 0 Å². The summed E-state index contributed by atoms with van der Waals surface area (Å²) in [6.07, 6.45) is 13.7. The fourth-order valence-electron chi connectivity index (χ4n) is 8.01. The van der Waals surface area contributed by atoms with E-state index < -0.39 is 0 Å². The summed E-state index contributed by atoms with van der Waals surface area (Å²) in [5, 5.41) is 10.1. The van der Waals surface area contributed by atoms with Crippen LogP contribution in [-0.2, 0) is 0 Å². The van der Waals surface area contributed by atoms with Crippen molar-refractivity contribution in [3.8, 4) is 0 Å². The van der Waals surface area contributed by atoms with Crippen molar-refractivity contribution >= 4 is 0 Å². The molecule has 0 aromatic heterocycles. The van der Waals surface area contributed by atoms with Crippen LogP contribution < -0.4 is 0 Å². The van der Waals surface area contributed by atoms with Gasteiger partial charge in [-0.05, 0) is 98.2 Å². The lowest BCUT2D eigenvalue weighted by atomic mass is 9.44. The summed E-state index contributed by atoms with van der Waals surface area (Å²) < 4.78 is 0. The molecule has 0 saturated heterocycles. The van der Waals surface area contributed by atoms with Gasteiger partial charge in [-0.15, -0.1) is 0 Å². The summed E-state index contributed by atoms with van der Waals surface area (Å²) in [6, 6.07) is 0. The summed E-state index contributed by atoms with van der Waals surface area (Å²) in [5.74, 6) is 4.79. The lowest BCUT2D eigenvalue weighted by Gasteiger charge is -2.61. The van der Waals surface area contributed by atoms with Gasteiger partial charge in [0.1, 0.15) is 0 Å². The molecule has 0 radical (unpaired) electrons. The first-order valence-electron chi connectivity index (χ1n) is 10.2. The van der Waals surface area contributed by atoms with E-state index in [1.54, 1.807) is 0 Å². The van der Waals surface area contributed by atoms with Gasteiger partial charge in [0.2, 0.25) is 0 Å². The fourth-order valence-corrected chi connectivity index (χ4v) is 8.01. The summed E-state index contributed by atoms with van der Waals surface area (Å²) in [4.78, 5) is 0. The second kappa shape index (κ2) is 5.23. The number of aliphatic hydroxyl groups is 1. The maximum Gasteiger partial charge on any atom is 0.0543 e. The normalized spacial score (nSPS) is 57.8. The van der Waals surface area contributed by atoms with Crippen LogP contribution in [0.25, 0.3) is 0 Å². The number of rotatable bonds is 1. The SMILES string of the molecule is CCC1CCC2C3CC[C@H]4C[C@H](O)CCC4(C)C3CCC12C. The van der Waals surface area contributed by atoms with E-state index in [9.17, 15) is 5.11 Å². The molecule has 126 valence electrons. The highest BCUT2D eigenvalue weighted by molar-refractivity contribution is 5.08. The predicted octanol–water partition coefficient (Wildman–Crippen LogP) is 5.42. The molecule has 1 nitrogen and oxygen atoms in total. The fraction of sp³-hybridized carbons (Fsp3) is 1.00. The number of fused-ring (bicyclic) bond motifs is 5. The Kier molecular flexibility index (Phi) is 3.68. The van der Waals surface area contributed by atoms with Crippen LogP contribution in [0.2, 0.25) is 0 Å². The number of hydrogen-bond acceptors (Lipinski definition) is 1. The predicted molar refractivity (Wildman–Crippen MR) is 91.5 cm³/mol. The largest absolute Gasteiger partial charge is 0.393 e. The van der Waals surface area contributed by atoms with Crippen LogP contribution >= 0.6 is 0 Å². The maximum absolute atomic E-state index is 10.1. The van der Waals surface area contributed by atoms with Crippen LogP contribution in [0.4, 0.5) is 0 Å². The minimum Gasteiger partial charge on any atom is -0.393 e. The van der Waals surface area contributed by atoms with Crippen molar-refractivity contribution in [3.05, 3.63) is 0 Å². The van der Waals surface area contributed by atoms with Crippen molar-refractivity contribution in [2.45, 2.75) is 91.1 Å². The van der Waals surface area contributed by atoms with E-state index in [0.29, 0.717) is 10.8 Å². The van der Waals surface area contributed by atoms with E-state index in [0.717, 1.165) is 42.4 Å². The molecule has 22 heavy (non-hydrogen) atoms. The Hall–Kier alpha value is -0.0400. The summed E-state index contributed by atoms with van der Waals surface area (Å²) in [7, 11) is 0. The molecule has 1 heteroatoms. The first-order valence-corrected chi connectivity index (χ1v) is 10.2. The van der Waals surface area contributed by atoms with Crippen LogP contribution in [0.1, 0.15) is 85.0 Å². The third kappa shape index (κ3) is 2.00. The molecular formula is C21H36O. The Morgan fingerprint density at radius 3 is 2.36 bits per heavy atom. The van der Waals surface area contributed by atoms with Gasteiger partial charge in [-0.2, -0.15) is 0 Å². The first kappa shape index (κ1) is 15.5. The highest BCUT2D eigenvalue weighted by Crippen LogP contribution is 2.67. The quantitative estimate of drug-likeness (QED) is 0.686. The zero-order valence-corrected chi connectivity index (χ0v) is 15.0. The van der Waals surface area contributed by atoms with E-state index in [1.165, 1.54) is 51.4 Å². The molecule has 4 fully saturated rings. The molecule has 4 aliphatic rings. The van der Waals surface area contributed by atoms with Crippen molar-refractivity contribution in [2.75, 3.05) is 0 Å². The van der Waals surface area contributed by atoms with Gasteiger partial charge in [0.25, 0.3) is 0 Å². The molecule has 4 rings (SSSR count). The molecular weight excluding hydrogens is 268 g/mol. The second-order valence-corrected chi connectivity index (χ2v) is 9.81. The maximum atomic E-state index is 10.1. The molecule has 4 aliphatic carbocycles. The van der Waals surface area contributed by atoms with Gasteiger partial charge < -0.3 is 5.11 Å². The molecule has 0 bridgehead atoms. The Balaban J connectivity index is 1.61. The molecule has 0 aromatic carbocycles. The van der Waals surface area contributed by atoms with Crippen molar-refractivity contribution in [2.24, 2.45) is 40.4 Å². The van der Waals surface area contributed by atoms with Gasteiger partial charge in [0.05, 0.1) is 6.10 Å². The lowest BCUT2D eigenvalue weighted by molar-refractivity contribution is -0.126. The Morgan fingerprint density at radius 1 is 0.864 bits per heavy atom. The van der Waals surface area contributed by atoms with Gasteiger partial charge in [-0.3, -0.25) is 0 Å². The molecule has 0 heterocycles. The van der Waals surface area contributed by atoms with Crippen molar-refractivity contribution < 1.29 is 5.11 Å². The van der Waals surface area contributed by atoms with Crippen LogP contribution in [0.15, 0.2) is 0 Å². The first-order chi connectivity index (χ1) is 10.5. The summed E-state index contributed by atoms with van der Waals surface area (Å²) in [5.41, 5.74) is 1.21. The van der Waals surface area contributed by atoms with Gasteiger partial charge in [-0.1, -0.05) is 27.2 Å². The molecule has 0 aliphatic heterocycles. The molecule has 0 amide bonds. The smallest absolute Gasteiger partial charge is 0.0543 e. The molecule has 6 unspecified atom stereocenters. The molecule has 1 N–H and O–H groups in total. The summed E-state index contributed by atoms with van der Waals surface area (Å²) in [6.45, 7) is 7.68. The highest BCUT2D eigenvalue weighted by atomic mass is 16.3. The van der Waals surface area contributed by atoms with Gasteiger partial charge in [0.15, 0.2) is 0 Å². The highest BCUT2D eigenvalue weighted by Gasteiger charge is 2.59. The minimum atomic E-state index is -0.000524. The summed E-state index contributed by atoms with van der Waals surface area (Å²) >= 11 is 0. The van der Waals surface area contributed by atoms with E-state index >= 15 is 0 Å². The van der Waals surface area contributed by atoms with E-state index in [-0.39, 0.29) is 6.10 Å². The average Bonchev–Trinajstić information content (AvgIpc) is 2.84. The van der Waals surface area contributed by atoms with Gasteiger partial charge in [0, 0.05) is 0 Å². The molecule has 8 atom stereocenters. The van der Waals surface area contributed by atoms with E-state index in [2.05, 4.69) is 20.8 Å². The Morgan fingerprint density at radius 2 is 1.59 bits per heavy atom. The topological polar surface area (TPSA) is 20.2 Å². The van der Waals surface area contributed by atoms with E-state index in [1.807, 2.05) is 0 Å². The van der Waals surface area contributed by atoms with Crippen LogP contribution in [0.3, 0.4) is 0 Å². The van der Waals surface area contributed by atoms with Crippen molar-refractivity contribution in [1.82, 2.24) is 0 Å². The number of hydrogen-bond donors (Lipinski definition) is 1. The zero-order valence-electron chi connectivity index (χ0n) is 15.0.